The first kappa shape index (κ1) is 23.9. The lowest BCUT2D eigenvalue weighted by atomic mass is 9.79. The van der Waals surface area contributed by atoms with Crippen LogP contribution in [-0.2, 0) is 4.74 Å². The first-order chi connectivity index (χ1) is 14.5. The van der Waals surface area contributed by atoms with Crippen LogP contribution in [0.5, 0.6) is 0 Å². The number of aliphatic hydroxyl groups is 1. The molecule has 0 bridgehead atoms. The zero-order chi connectivity index (χ0) is 22.8. The summed E-state index contributed by atoms with van der Waals surface area (Å²) in [6.45, 7) is 15.2. The van der Waals surface area contributed by atoms with Crippen LogP contribution in [0.1, 0.15) is 85.3 Å². The van der Waals surface area contributed by atoms with E-state index in [2.05, 4.69) is 36.9 Å². The fourth-order valence-electron chi connectivity index (χ4n) is 4.51. The Morgan fingerprint density at radius 2 is 1.84 bits per heavy atom. The van der Waals surface area contributed by atoms with E-state index in [0.717, 1.165) is 43.9 Å². The molecule has 0 aromatic carbocycles. The van der Waals surface area contributed by atoms with Gasteiger partial charge in [-0.1, -0.05) is 25.9 Å². The number of aromatic nitrogens is 1. The van der Waals surface area contributed by atoms with Crippen LogP contribution >= 0.6 is 0 Å². The Kier molecular flexibility index (Phi) is 7.24. The molecule has 0 spiro atoms. The van der Waals surface area contributed by atoms with Gasteiger partial charge in [0.25, 0.3) is 0 Å². The van der Waals surface area contributed by atoms with Crippen LogP contribution in [0.15, 0.2) is 10.6 Å². The third kappa shape index (κ3) is 6.37. The molecular weight excluding hydrogens is 394 g/mol. The minimum Gasteiger partial charge on any atom is -0.444 e. The van der Waals surface area contributed by atoms with Crippen LogP contribution in [-0.4, -0.2) is 58.6 Å². The Hall–Kier alpha value is -1.76. The molecule has 1 atom stereocenters. The molecule has 3 heterocycles. The number of ether oxygens (including phenoxy) is 1. The van der Waals surface area contributed by atoms with Crippen molar-refractivity contribution in [2.75, 3.05) is 31.1 Å². The van der Waals surface area contributed by atoms with Crippen LogP contribution < -0.4 is 4.90 Å². The lowest BCUT2D eigenvalue weighted by Crippen LogP contribution is -2.49. The van der Waals surface area contributed by atoms with Crippen molar-refractivity contribution < 1.29 is 19.2 Å². The molecule has 176 valence electrons. The van der Waals surface area contributed by atoms with Gasteiger partial charge in [0, 0.05) is 38.2 Å². The normalized spacial score (nSPS) is 21.4. The first-order valence-corrected chi connectivity index (χ1v) is 11.9. The summed E-state index contributed by atoms with van der Waals surface area (Å²) in [6.07, 6.45) is 3.84. The van der Waals surface area contributed by atoms with Gasteiger partial charge >= 0.3 is 6.09 Å². The molecule has 0 aliphatic carbocycles. The molecule has 3 rings (SSSR count). The molecular formula is C24H41N3O4. The second-order valence-corrected chi connectivity index (χ2v) is 10.9. The molecule has 2 saturated heterocycles. The summed E-state index contributed by atoms with van der Waals surface area (Å²) in [5.74, 6) is 3.27. The molecule has 1 aromatic rings. The molecule has 0 radical (unpaired) electrons. The zero-order valence-corrected chi connectivity index (χ0v) is 20.2. The van der Waals surface area contributed by atoms with Crippen LogP contribution in [0.2, 0.25) is 0 Å². The standard InChI is InChI=1S/C24H41N3O4/c1-17(2)18(3)20-15-21(25-31-20)26-11-7-19(8-12-26)16-24(29)9-13-27(14-10-24)22(28)30-23(4,5)6/h15,17-19,29H,7-14,16H2,1-6H3. The maximum Gasteiger partial charge on any atom is 0.410 e. The summed E-state index contributed by atoms with van der Waals surface area (Å²) >= 11 is 0. The Bertz CT molecular complexity index is 723. The fourth-order valence-corrected chi connectivity index (χ4v) is 4.51. The number of carbonyl (C=O) groups excluding carboxylic acids is 1. The number of anilines is 1. The number of piperidine rings is 2. The summed E-state index contributed by atoms with van der Waals surface area (Å²) in [5.41, 5.74) is -1.17. The maximum atomic E-state index is 12.3. The van der Waals surface area contributed by atoms with E-state index in [0.29, 0.717) is 43.7 Å². The quantitative estimate of drug-likeness (QED) is 0.715. The number of rotatable bonds is 5. The zero-order valence-electron chi connectivity index (χ0n) is 20.2. The first-order valence-electron chi connectivity index (χ1n) is 11.9. The summed E-state index contributed by atoms with van der Waals surface area (Å²) in [5, 5.41) is 15.4. The monoisotopic (exact) mass is 435 g/mol. The predicted molar refractivity (Wildman–Crippen MR) is 121 cm³/mol. The van der Waals surface area contributed by atoms with E-state index in [1.54, 1.807) is 4.90 Å². The van der Waals surface area contributed by atoms with Crippen molar-refractivity contribution in [3.63, 3.8) is 0 Å². The van der Waals surface area contributed by atoms with E-state index >= 15 is 0 Å². The van der Waals surface area contributed by atoms with Gasteiger partial charge < -0.3 is 24.2 Å². The van der Waals surface area contributed by atoms with Gasteiger partial charge in [-0.15, -0.1) is 0 Å². The van der Waals surface area contributed by atoms with E-state index in [-0.39, 0.29) is 6.09 Å². The molecule has 2 aliphatic rings. The third-order valence-corrected chi connectivity index (χ3v) is 6.92. The van der Waals surface area contributed by atoms with Crippen molar-refractivity contribution in [2.24, 2.45) is 11.8 Å². The SMILES string of the molecule is CC(C)C(C)c1cc(N2CCC(CC3(O)CCN(C(=O)OC(C)(C)C)CC3)CC2)no1. The number of carbonyl (C=O) groups is 1. The molecule has 31 heavy (non-hydrogen) atoms. The minimum atomic E-state index is -0.681. The van der Waals surface area contributed by atoms with Crippen molar-refractivity contribution in [3.8, 4) is 0 Å². The number of hydrogen-bond acceptors (Lipinski definition) is 6. The van der Waals surface area contributed by atoms with Crippen LogP contribution in [0, 0.1) is 11.8 Å². The highest BCUT2D eigenvalue weighted by atomic mass is 16.6. The van der Waals surface area contributed by atoms with E-state index in [9.17, 15) is 9.90 Å². The highest BCUT2D eigenvalue weighted by Crippen LogP contribution is 2.35. The van der Waals surface area contributed by atoms with Crippen molar-refractivity contribution in [1.29, 1.82) is 0 Å². The van der Waals surface area contributed by atoms with Gasteiger partial charge in [-0.05, 0) is 64.7 Å². The summed E-state index contributed by atoms with van der Waals surface area (Å²) in [7, 11) is 0. The summed E-state index contributed by atoms with van der Waals surface area (Å²) in [4.78, 5) is 16.3. The molecule has 2 aliphatic heterocycles. The average molecular weight is 436 g/mol. The Morgan fingerprint density at radius 3 is 2.39 bits per heavy atom. The third-order valence-electron chi connectivity index (χ3n) is 6.92. The topological polar surface area (TPSA) is 79.0 Å². The molecule has 1 unspecified atom stereocenters. The Morgan fingerprint density at radius 1 is 1.23 bits per heavy atom. The lowest BCUT2D eigenvalue weighted by molar-refractivity contribution is -0.0468. The second-order valence-electron chi connectivity index (χ2n) is 10.9. The summed E-state index contributed by atoms with van der Waals surface area (Å²) < 4.78 is 11.1. The largest absolute Gasteiger partial charge is 0.444 e. The van der Waals surface area contributed by atoms with E-state index in [1.807, 2.05) is 20.8 Å². The average Bonchev–Trinajstić information content (AvgIpc) is 3.17. The van der Waals surface area contributed by atoms with Gasteiger partial charge in [0.05, 0.1) is 5.60 Å². The molecule has 1 amide bonds. The second kappa shape index (κ2) is 9.39. The molecule has 7 nitrogen and oxygen atoms in total. The highest BCUT2D eigenvalue weighted by Gasteiger charge is 2.38. The van der Waals surface area contributed by atoms with Crippen molar-refractivity contribution in [1.82, 2.24) is 10.1 Å². The minimum absolute atomic E-state index is 0.276. The lowest BCUT2D eigenvalue weighted by Gasteiger charge is -2.41. The Labute approximate surface area is 187 Å². The van der Waals surface area contributed by atoms with Crippen LogP contribution in [0.3, 0.4) is 0 Å². The molecule has 2 fully saturated rings. The highest BCUT2D eigenvalue weighted by molar-refractivity contribution is 5.68. The van der Waals surface area contributed by atoms with E-state index in [1.165, 1.54) is 0 Å². The van der Waals surface area contributed by atoms with Gasteiger partial charge in [0.2, 0.25) is 0 Å². The number of likely N-dealkylation sites (tertiary alicyclic amines) is 1. The fraction of sp³-hybridized carbons (Fsp3) is 0.833. The van der Waals surface area contributed by atoms with Gasteiger partial charge in [0.15, 0.2) is 5.82 Å². The van der Waals surface area contributed by atoms with Crippen LogP contribution in [0.4, 0.5) is 10.6 Å². The number of nitrogens with zero attached hydrogens (tertiary/aromatic N) is 3. The van der Waals surface area contributed by atoms with E-state index < -0.39 is 11.2 Å². The molecule has 1 aromatic heterocycles. The predicted octanol–water partition coefficient (Wildman–Crippen LogP) is 4.80. The van der Waals surface area contributed by atoms with Crippen molar-refractivity contribution in [3.05, 3.63) is 11.8 Å². The number of amides is 1. The smallest absolute Gasteiger partial charge is 0.410 e. The number of hydrogen-bond donors (Lipinski definition) is 1. The van der Waals surface area contributed by atoms with Gasteiger partial charge in [-0.3, -0.25) is 0 Å². The summed E-state index contributed by atoms with van der Waals surface area (Å²) in [6, 6.07) is 2.09. The maximum absolute atomic E-state index is 12.3. The van der Waals surface area contributed by atoms with Crippen molar-refractivity contribution >= 4 is 11.9 Å². The van der Waals surface area contributed by atoms with Crippen LogP contribution in [0.25, 0.3) is 0 Å². The van der Waals surface area contributed by atoms with Gasteiger partial charge in [-0.25, -0.2) is 4.79 Å². The van der Waals surface area contributed by atoms with Gasteiger partial charge in [0.1, 0.15) is 11.4 Å². The van der Waals surface area contributed by atoms with Gasteiger partial charge in [-0.2, -0.15) is 0 Å². The molecule has 1 N–H and O–H groups in total. The van der Waals surface area contributed by atoms with E-state index in [4.69, 9.17) is 9.26 Å². The molecule has 0 saturated carbocycles. The van der Waals surface area contributed by atoms with Crippen molar-refractivity contribution in [2.45, 2.75) is 90.8 Å². The Balaban J connectivity index is 1.45. The molecule has 7 heteroatoms.